The van der Waals surface area contributed by atoms with Crippen LogP contribution in [0.25, 0.3) is 0 Å². The van der Waals surface area contributed by atoms with E-state index in [4.69, 9.17) is 5.11 Å². The fourth-order valence-corrected chi connectivity index (χ4v) is 2.33. The molecule has 5 heteroatoms. The van der Waals surface area contributed by atoms with Gasteiger partial charge in [-0.1, -0.05) is 6.92 Å². The first-order chi connectivity index (χ1) is 8.41. The number of hydrogen-bond acceptors (Lipinski definition) is 2. The first-order valence-corrected chi connectivity index (χ1v) is 6.70. The molecule has 1 heterocycles. The summed E-state index contributed by atoms with van der Waals surface area (Å²) in [6.07, 6.45) is 2.77. The molecular weight excluding hydrogens is 232 g/mol. The quantitative estimate of drug-likeness (QED) is 0.809. The maximum Gasteiger partial charge on any atom is 0.317 e. The number of amides is 2. The van der Waals surface area contributed by atoms with E-state index in [0.717, 1.165) is 13.0 Å². The summed E-state index contributed by atoms with van der Waals surface area (Å²) in [5, 5.41) is 11.5. The van der Waals surface area contributed by atoms with Gasteiger partial charge in [0.15, 0.2) is 0 Å². The molecule has 2 N–H and O–H groups in total. The van der Waals surface area contributed by atoms with Crippen LogP contribution in [0.4, 0.5) is 4.79 Å². The molecule has 18 heavy (non-hydrogen) atoms. The van der Waals surface area contributed by atoms with Crippen LogP contribution in [-0.2, 0) is 4.79 Å². The first kappa shape index (κ1) is 14.8. The van der Waals surface area contributed by atoms with Gasteiger partial charge in [-0.25, -0.2) is 4.79 Å². The Morgan fingerprint density at radius 3 is 2.72 bits per heavy atom. The highest BCUT2D eigenvalue weighted by molar-refractivity contribution is 5.75. The topological polar surface area (TPSA) is 69.6 Å². The normalized spacial score (nSPS) is 25.6. The van der Waals surface area contributed by atoms with Gasteiger partial charge < -0.3 is 15.3 Å². The van der Waals surface area contributed by atoms with Gasteiger partial charge in [-0.05, 0) is 39.0 Å². The van der Waals surface area contributed by atoms with Crippen LogP contribution >= 0.6 is 0 Å². The molecule has 0 radical (unpaired) electrons. The van der Waals surface area contributed by atoms with E-state index in [1.54, 1.807) is 0 Å². The van der Waals surface area contributed by atoms with Gasteiger partial charge in [0.1, 0.15) is 0 Å². The van der Waals surface area contributed by atoms with E-state index in [1.165, 1.54) is 6.42 Å². The van der Waals surface area contributed by atoms with Gasteiger partial charge in [0, 0.05) is 25.0 Å². The largest absolute Gasteiger partial charge is 0.481 e. The van der Waals surface area contributed by atoms with Crippen molar-refractivity contribution >= 4 is 12.0 Å². The van der Waals surface area contributed by atoms with Crippen LogP contribution in [0.1, 0.15) is 46.5 Å². The van der Waals surface area contributed by atoms with Gasteiger partial charge in [-0.3, -0.25) is 4.79 Å². The second-order valence-electron chi connectivity index (χ2n) is 5.34. The monoisotopic (exact) mass is 256 g/mol. The van der Waals surface area contributed by atoms with Gasteiger partial charge >= 0.3 is 12.0 Å². The molecule has 1 fully saturated rings. The molecule has 3 atom stereocenters. The van der Waals surface area contributed by atoms with Crippen molar-refractivity contribution in [1.82, 2.24) is 10.2 Å². The number of hydrogen-bond donors (Lipinski definition) is 2. The van der Waals surface area contributed by atoms with E-state index in [9.17, 15) is 9.59 Å². The summed E-state index contributed by atoms with van der Waals surface area (Å²) in [4.78, 5) is 24.4. The molecule has 0 aromatic heterocycles. The molecule has 0 bridgehead atoms. The lowest BCUT2D eigenvalue weighted by Crippen LogP contribution is -2.52. The molecule has 0 aromatic rings. The molecule has 5 nitrogen and oxygen atoms in total. The van der Waals surface area contributed by atoms with Crippen molar-refractivity contribution < 1.29 is 14.7 Å². The van der Waals surface area contributed by atoms with E-state index in [0.29, 0.717) is 12.3 Å². The average molecular weight is 256 g/mol. The summed E-state index contributed by atoms with van der Waals surface area (Å²) in [5.74, 6) is -0.296. The second kappa shape index (κ2) is 6.61. The van der Waals surface area contributed by atoms with Crippen molar-refractivity contribution in [2.45, 2.75) is 58.5 Å². The van der Waals surface area contributed by atoms with E-state index in [-0.39, 0.29) is 24.5 Å². The van der Waals surface area contributed by atoms with Crippen molar-refractivity contribution in [2.75, 3.05) is 6.54 Å². The number of carbonyl (C=O) groups is 2. The minimum absolute atomic E-state index is 0.0630. The lowest BCUT2D eigenvalue weighted by atomic mass is 9.92. The molecule has 0 aromatic carbocycles. The van der Waals surface area contributed by atoms with Crippen molar-refractivity contribution in [3.8, 4) is 0 Å². The summed E-state index contributed by atoms with van der Waals surface area (Å²) >= 11 is 0. The zero-order valence-electron chi connectivity index (χ0n) is 11.5. The first-order valence-electron chi connectivity index (χ1n) is 6.70. The Hall–Kier alpha value is -1.26. The Balaban J connectivity index is 2.41. The summed E-state index contributed by atoms with van der Waals surface area (Å²) in [6.45, 7) is 6.88. The van der Waals surface area contributed by atoms with Gasteiger partial charge in [0.2, 0.25) is 0 Å². The molecule has 0 aliphatic carbocycles. The van der Waals surface area contributed by atoms with Crippen LogP contribution in [-0.4, -0.2) is 40.6 Å². The van der Waals surface area contributed by atoms with Crippen molar-refractivity contribution in [1.29, 1.82) is 0 Å². The van der Waals surface area contributed by atoms with Crippen LogP contribution in [0.2, 0.25) is 0 Å². The minimum atomic E-state index is -0.823. The van der Waals surface area contributed by atoms with E-state index in [1.807, 2.05) is 11.8 Å². The molecule has 1 aliphatic heterocycles. The van der Waals surface area contributed by atoms with Crippen LogP contribution < -0.4 is 5.32 Å². The number of rotatable bonds is 4. The number of nitrogens with zero attached hydrogens (tertiary/aromatic N) is 1. The minimum Gasteiger partial charge on any atom is -0.481 e. The number of urea groups is 1. The Labute approximate surface area is 109 Å². The SMILES string of the molecule is CC(CCC(=O)O)NC(=O)N1CCCC(C)C1C. The van der Waals surface area contributed by atoms with Crippen LogP contribution in [0, 0.1) is 5.92 Å². The number of carboxylic acids is 1. The predicted octanol–water partition coefficient (Wildman–Crippen LogP) is 2.07. The third-order valence-electron chi connectivity index (χ3n) is 3.80. The van der Waals surface area contributed by atoms with E-state index < -0.39 is 5.97 Å². The summed E-state index contributed by atoms with van der Waals surface area (Å²) in [5.41, 5.74) is 0. The number of piperidine rings is 1. The molecular formula is C13H24N2O3. The Morgan fingerprint density at radius 1 is 1.44 bits per heavy atom. The highest BCUT2D eigenvalue weighted by Crippen LogP contribution is 2.22. The lowest BCUT2D eigenvalue weighted by molar-refractivity contribution is -0.137. The predicted molar refractivity (Wildman–Crippen MR) is 69.4 cm³/mol. The highest BCUT2D eigenvalue weighted by atomic mass is 16.4. The summed E-state index contributed by atoms with van der Waals surface area (Å²) in [7, 11) is 0. The molecule has 1 saturated heterocycles. The molecule has 1 rings (SSSR count). The van der Waals surface area contributed by atoms with Gasteiger partial charge in [-0.15, -0.1) is 0 Å². The number of nitrogens with one attached hydrogen (secondary N) is 1. The number of carboxylic acid groups (broad SMARTS) is 1. The zero-order valence-corrected chi connectivity index (χ0v) is 11.5. The fraction of sp³-hybridized carbons (Fsp3) is 0.846. The Morgan fingerprint density at radius 2 is 2.11 bits per heavy atom. The van der Waals surface area contributed by atoms with Gasteiger partial charge in [0.05, 0.1) is 0 Å². The molecule has 1 aliphatic rings. The Kier molecular flexibility index (Phi) is 5.44. The molecule has 2 amide bonds. The van der Waals surface area contributed by atoms with Gasteiger partial charge in [-0.2, -0.15) is 0 Å². The average Bonchev–Trinajstić information content (AvgIpc) is 2.30. The maximum atomic E-state index is 12.1. The van der Waals surface area contributed by atoms with Crippen LogP contribution in [0.15, 0.2) is 0 Å². The van der Waals surface area contributed by atoms with E-state index in [2.05, 4.69) is 19.2 Å². The summed E-state index contributed by atoms with van der Waals surface area (Å²) < 4.78 is 0. The number of aliphatic carboxylic acids is 1. The number of likely N-dealkylation sites (tertiary alicyclic amines) is 1. The molecule has 3 unspecified atom stereocenters. The molecule has 0 spiro atoms. The standard InChI is InChI=1S/C13H24N2O3/c1-9-5-4-8-15(11(9)3)13(18)14-10(2)6-7-12(16)17/h9-11H,4-8H2,1-3H3,(H,14,18)(H,16,17). The van der Waals surface area contributed by atoms with Crippen molar-refractivity contribution in [3.63, 3.8) is 0 Å². The summed E-state index contributed by atoms with van der Waals surface area (Å²) in [6, 6.07) is 0.0930. The van der Waals surface area contributed by atoms with Crippen LogP contribution in [0.3, 0.4) is 0 Å². The maximum absolute atomic E-state index is 12.1. The number of carbonyl (C=O) groups excluding carboxylic acids is 1. The lowest BCUT2D eigenvalue weighted by Gasteiger charge is -2.38. The smallest absolute Gasteiger partial charge is 0.317 e. The highest BCUT2D eigenvalue weighted by Gasteiger charge is 2.28. The fourth-order valence-electron chi connectivity index (χ4n) is 2.33. The molecule has 104 valence electrons. The second-order valence-corrected chi connectivity index (χ2v) is 5.34. The van der Waals surface area contributed by atoms with E-state index >= 15 is 0 Å². The van der Waals surface area contributed by atoms with Crippen LogP contribution in [0.5, 0.6) is 0 Å². The van der Waals surface area contributed by atoms with Crippen molar-refractivity contribution in [2.24, 2.45) is 5.92 Å². The third kappa shape index (κ3) is 4.20. The Bertz CT molecular complexity index is 307. The molecule has 0 saturated carbocycles. The van der Waals surface area contributed by atoms with Gasteiger partial charge in [0.25, 0.3) is 0 Å². The third-order valence-corrected chi connectivity index (χ3v) is 3.80. The zero-order chi connectivity index (χ0) is 13.7. The van der Waals surface area contributed by atoms with Crippen molar-refractivity contribution in [3.05, 3.63) is 0 Å².